The number of rotatable bonds is 13. The van der Waals surface area contributed by atoms with Crippen LogP contribution in [0.25, 0.3) is 23.1 Å². The molecule has 0 fully saturated rings. The summed E-state index contributed by atoms with van der Waals surface area (Å²) in [7, 11) is 0. The van der Waals surface area contributed by atoms with Gasteiger partial charge in [-0.3, -0.25) is 4.79 Å². The fraction of sp³-hybridized carbons (Fsp3) is 0.258. The van der Waals surface area contributed by atoms with Crippen LogP contribution in [-0.2, 0) is 17.8 Å². The van der Waals surface area contributed by atoms with Crippen molar-refractivity contribution < 1.29 is 19.4 Å². The molecule has 1 aromatic heterocycles. The van der Waals surface area contributed by atoms with Crippen molar-refractivity contribution in [1.82, 2.24) is 4.57 Å². The monoisotopic (exact) mass is 483 g/mol. The van der Waals surface area contributed by atoms with E-state index in [1.807, 2.05) is 72.9 Å². The molecule has 0 aliphatic heterocycles. The zero-order valence-electron chi connectivity index (χ0n) is 20.7. The molecule has 1 heterocycles. The Kier molecular flexibility index (Phi) is 8.82. The van der Waals surface area contributed by atoms with Crippen LogP contribution in [0.1, 0.15) is 42.9 Å². The highest BCUT2D eigenvalue weighted by Crippen LogP contribution is 2.28. The SMILES string of the molecule is CCCCn1cc(CC(=O)O)c2c(/C=C/c3ccc(OCCCOc4ccccc4)cc3)cccc21. The molecule has 186 valence electrons. The average Bonchev–Trinajstić information content (AvgIpc) is 3.24. The summed E-state index contributed by atoms with van der Waals surface area (Å²) >= 11 is 0. The topological polar surface area (TPSA) is 60.7 Å². The molecule has 36 heavy (non-hydrogen) atoms. The maximum Gasteiger partial charge on any atom is 0.307 e. The third-order valence-corrected chi connectivity index (χ3v) is 6.02. The number of hydrogen-bond donors (Lipinski definition) is 1. The van der Waals surface area contributed by atoms with E-state index in [2.05, 4.69) is 29.7 Å². The minimum Gasteiger partial charge on any atom is -0.493 e. The fourth-order valence-corrected chi connectivity index (χ4v) is 4.24. The minimum atomic E-state index is -0.814. The molecular weight excluding hydrogens is 450 g/mol. The van der Waals surface area contributed by atoms with Crippen molar-refractivity contribution in [3.63, 3.8) is 0 Å². The van der Waals surface area contributed by atoms with Crippen LogP contribution in [0, 0.1) is 0 Å². The van der Waals surface area contributed by atoms with Crippen LogP contribution in [0.3, 0.4) is 0 Å². The van der Waals surface area contributed by atoms with Crippen molar-refractivity contribution in [3.8, 4) is 11.5 Å². The lowest BCUT2D eigenvalue weighted by molar-refractivity contribution is -0.136. The van der Waals surface area contributed by atoms with E-state index in [0.29, 0.717) is 13.2 Å². The number of para-hydroxylation sites is 1. The number of aryl methyl sites for hydroxylation is 1. The lowest BCUT2D eigenvalue weighted by atomic mass is 10.0. The summed E-state index contributed by atoms with van der Waals surface area (Å²) in [5, 5.41) is 10.5. The smallest absolute Gasteiger partial charge is 0.307 e. The molecular formula is C31H33NO4. The second kappa shape index (κ2) is 12.6. The van der Waals surface area contributed by atoms with Crippen molar-refractivity contribution in [2.45, 2.75) is 39.2 Å². The zero-order valence-corrected chi connectivity index (χ0v) is 20.7. The Morgan fingerprint density at radius 2 is 1.58 bits per heavy atom. The van der Waals surface area contributed by atoms with Gasteiger partial charge in [0.1, 0.15) is 11.5 Å². The van der Waals surface area contributed by atoms with Crippen LogP contribution in [0.2, 0.25) is 0 Å². The first-order valence-electron chi connectivity index (χ1n) is 12.6. The van der Waals surface area contributed by atoms with E-state index in [1.54, 1.807) is 0 Å². The van der Waals surface area contributed by atoms with Crippen molar-refractivity contribution in [2.75, 3.05) is 13.2 Å². The maximum absolute atomic E-state index is 11.5. The molecule has 1 N–H and O–H groups in total. The van der Waals surface area contributed by atoms with Gasteiger partial charge in [-0.15, -0.1) is 0 Å². The summed E-state index contributed by atoms with van der Waals surface area (Å²) in [5.74, 6) is 0.883. The third-order valence-electron chi connectivity index (χ3n) is 6.02. The van der Waals surface area contributed by atoms with E-state index < -0.39 is 5.97 Å². The number of carboxylic acid groups (broad SMARTS) is 1. The first kappa shape index (κ1) is 25.1. The zero-order chi connectivity index (χ0) is 25.2. The second-order valence-electron chi connectivity index (χ2n) is 8.78. The Balaban J connectivity index is 1.39. The number of aromatic nitrogens is 1. The Labute approximate surface area is 212 Å². The van der Waals surface area contributed by atoms with E-state index in [-0.39, 0.29) is 6.42 Å². The summed E-state index contributed by atoms with van der Waals surface area (Å²) in [4.78, 5) is 11.5. The molecule has 4 aromatic rings. The van der Waals surface area contributed by atoms with E-state index in [0.717, 1.165) is 64.9 Å². The standard InChI is InChI=1S/C31H33NO4/c1-2-3-19-32-23-26(22-30(33)34)31-25(9-7-12-29(31)32)16-13-24-14-17-28(18-15-24)36-21-8-20-35-27-10-5-4-6-11-27/h4-7,9-18,23H,2-3,8,19-22H2,1H3,(H,33,34)/b16-13+. The molecule has 0 saturated heterocycles. The van der Waals surface area contributed by atoms with Gasteiger partial charge in [0.05, 0.1) is 19.6 Å². The van der Waals surface area contributed by atoms with Gasteiger partial charge in [0.25, 0.3) is 0 Å². The average molecular weight is 484 g/mol. The number of hydrogen-bond acceptors (Lipinski definition) is 3. The third kappa shape index (κ3) is 6.79. The lowest BCUT2D eigenvalue weighted by Crippen LogP contribution is -2.04. The summed E-state index contributed by atoms with van der Waals surface area (Å²) in [5.41, 5.74) is 4.02. The number of aliphatic carboxylic acids is 1. The molecule has 0 bridgehead atoms. The number of nitrogens with zero attached hydrogens (tertiary/aromatic N) is 1. The van der Waals surface area contributed by atoms with Crippen LogP contribution in [0.5, 0.6) is 11.5 Å². The van der Waals surface area contributed by atoms with Crippen molar-refractivity contribution in [3.05, 3.63) is 95.7 Å². The Hall–Kier alpha value is -3.99. The van der Waals surface area contributed by atoms with E-state index in [9.17, 15) is 9.90 Å². The highest BCUT2D eigenvalue weighted by Gasteiger charge is 2.13. The summed E-state index contributed by atoms with van der Waals surface area (Å²) in [6, 6.07) is 23.9. The number of unbranched alkanes of at least 4 members (excludes halogenated alkanes) is 1. The number of carbonyl (C=O) groups is 1. The van der Waals surface area contributed by atoms with E-state index in [1.165, 1.54) is 0 Å². The molecule has 5 heteroatoms. The Bertz CT molecular complexity index is 1290. The van der Waals surface area contributed by atoms with Gasteiger partial charge in [-0.1, -0.05) is 68.0 Å². The maximum atomic E-state index is 11.5. The minimum absolute atomic E-state index is 0.0168. The molecule has 0 unspecified atom stereocenters. The molecule has 4 rings (SSSR count). The summed E-state index contributed by atoms with van der Waals surface area (Å²) in [6.45, 7) is 4.25. The van der Waals surface area contributed by atoms with Crippen LogP contribution in [-0.4, -0.2) is 28.9 Å². The van der Waals surface area contributed by atoms with Gasteiger partial charge in [0.15, 0.2) is 0 Å². The van der Waals surface area contributed by atoms with Gasteiger partial charge >= 0.3 is 5.97 Å². The molecule has 0 aliphatic rings. The van der Waals surface area contributed by atoms with Gasteiger partial charge in [-0.2, -0.15) is 0 Å². The number of carboxylic acids is 1. The normalized spacial score (nSPS) is 11.2. The van der Waals surface area contributed by atoms with Gasteiger partial charge in [-0.25, -0.2) is 0 Å². The second-order valence-corrected chi connectivity index (χ2v) is 8.78. The highest BCUT2D eigenvalue weighted by molar-refractivity contribution is 5.96. The van der Waals surface area contributed by atoms with Crippen molar-refractivity contribution >= 4 is 29.0 Å². The molecule has 0 amide bonds. The quantitative estimate of drug-likeness (QED) is 0.163. The number of fused-ring (bicyclic) bond motifs is 1. The number of benzene rings is 3. The van der Waals surface area contributed by atoms with Crippen LogP contribution >= 0.6 is 0 Å². The molecule has 0 radical (unpaired) electrons. The first-order chi connectivity index (χ1) is 17.6. The first-order valence-corrected chi connectivity index (χ1v) is 12.6. The Morgan fingerprint density at radius 3 is 2.28 bits per heavy atom. The molecule has 5 nitrogen and oxygen atoms in total. The molecule has 3 aromatic carbocycles. The van der Waals surface area contributed by atoms with Crippen LogP contribution in [0.4, 0.5) is 0 Å². The predicted molar refractivity (Wildman–Crippen MR) is 146 cm³/mol. The Morgan fingerprint density at radius 1 is 0.861 bits per heavy atom. The lowest BCUT2D eigenvalue weighted by Gasteiger charge is -2.08. The van der Waals surface area contributed by atoms with Gasteiger partial charge < -0.3 is 19.1 Å². The summed E-state index contributed by atoms with van der Waals surface area (Å²) in [6.07, 6.45) is 9.09. The molecule has 0 atom stereocenters. The molecule has 0 aliphatic carbocycles. The molecule has 0 spiro atoms. The highest BCUT2D eigenvalue weighted by atomic mass is 16.5. The van der Waals surface area contributed by atoms with Gasteiger partial charge in [0.2, 0.25) is 0 Å². The van der Waals surface area contributed by atoms with Crippen LogP contribution < -0.4 is 9.47 Å². The van der Waals surface area contributed by atoms with Crippen molar-refractivity contribution in [2.24, 2.45) is 0 Å². The molecule has 0 saturated carbocycles. The van der Waals surface area contributed by atoms with Gasteiger partial charge in [-0.05, 0) is 53.4 Å². The van der Waals surface area contributed by atoms with Crippen LogP contribution in [0.15, 0.2) is 79.0 Å². The van der Waals surface area contributed by atoms with E-state index in [4.69, 9.17) is 9.47 Å². The van der Waals surface area contributed by atoms with Crippen molar-refractivity contribution in [1.29, 1.82) is 0 Å². The van der Waals surface area contributed by atoms with Gasteiger partial charge in [0, 0.05) is 30.1 Å². The number of ether oxygens (including phenoxy) is 2. The summed E-state index contributed by atoms with van der Waals surface area (Å²) < 4.78 is 13.7. The fourth-order valence-electron chi connectivity index (χ4n) is 4.24. The van der Waals surface area contributed by atoms with E-state index >= 15 is 0 Å². The largest absolute Gasteiger partial charge is 0.493 e. The predicted octanol–water partition coefficient (Wildman–Crippen LogP) is 7.09.